The minimum Gasteiger partial charge on any atom is -0.493 e. The van der Waals surface area contributed by atoms with Crippen LogP contribution in [0.4, 0.5) is 0 Å². The lowest BCUT2D eigenvalue weighted by Gasteiger charge is -2.18. The van der Waals surface area contributed by atoms with Crippen LogP contribution >= 0.6 is 11.3 Å². The molecule has 2 aliphatic heterocycles. The van der Waals surface area contributed by atoms with Crippen molar-refractivity contribution in [3.8, 4) is 11.5 Å². The van der Waals surface area contributed by atoms with Gasteiger partial charge in [0.05, 0.1) is 18.3 Å². The first-order valence-electron chi connectivity index (χ1n) is 8.42. The minimum atomic E-state index is 0.0683. The van der Waals surface area contributed by atoms with Crippen LogP contribution in [-0.2, 0) is 6.61 Å². The van der Waals surface area contributed by atoms with Crippen LogP contribution in [0, 0.1) is 11.8 Å². The Bertz CT molecular complexity index is 738. The number of amides is 1. The van der Waals surface area contributed by atoms with E-state index in [0.29, 0.717) is 35.5 Å². The Morgan fingerprint density at radius 2 is 2.12 bits per heavy atom. The third kappa shape index (κ3) is 3.34. The zero-order chi connectivity index (χ0) is 17.2. The summed E-state index contributed by atoms with van der Waals surface area (Å²) in [5.41, 5.74) is 3.30. The monoisotopic (exact) mass is 359 g/mol. The van der Waals surface area contributed by atoms with Gasteiger partial charge in [-0.2, -0.15) is 0 Å². The Hall–Kier alpha value is -2.12. The summed E-state index contributed by atoms with van der Waals surface area (Å²) in [6, 6.07) is 5.38. The topological polar surface area (TPSA) is 63.7 Å². The van der Waals surface area contributed by atoms with Gasteiger partial charge < -0.3 is 19.7 Å². The Kier molecular flexibility index (Phi) is 4.59. The molecule has 4 rings (SSSR count). The molecule has 2 saturated heterocycles. The van der Waals surface area contributed by atoms with Crippen molar-refractivity contribution in [2.75, 3.05) is 33.3 Å². The van der Waals surface area contributed by atoms with Gasteiger partial charge in [0.1, 0.15) is 6.61 Å². The highest BCUT2D eigenvalue weighted by molar-refractivity contribution is 7.07. The normalized spacial score (nSPS) is 22.0. The molecule has 0 bridgehead atoms. The number of hydrogen-bond acceptors (Lipinski definition) is 6. The van der Waals surface area contributed by atoms with Crippen LogP contribution < -0.4 is 14.8 Å². The highest BCUT2D eigenvalue weighted by atomic mass is 32.1. The fourth-order valence-corrected chi connectivity index (χ4v) is 4.13. The second kappa shape index (κ2) is 7.01. The van der Waals surface area contributed by atoms with Gasteiger partial charge in [-0.15, -0.1) is 11.3 Å². The standard InChI is InChI=1S/C18H21N3O3S/c1-23-17-4-12(2-3-16(17)24-9-15-10-25-11-20-15)18(22)21-7-13-5-19-6-14(13)8-21/h2-4,10-11,13-14,19H,5-9H2,1H3/t13-,14+. The predicted molar refractivity (Wildman–Crippen MR) is 95.2 cm³/mol. The Morgan fingerprint density at radius 3 is 2.80 bits per heavy atom. The molecule has 6 nitrogen and oxygen atoms in total. The van der Waals surface area contributed by atoms with Crippen molar-refractivity contribution in [1.29, 1.82) is 0 Å². The van der Waals surface area contributed by atoms with Crippen molar-refractivity contribution in [1.82, 2.24) is 15.2 Å². The van der Waals surface area contributed by atoms with E-state index in [1.54, 1.807) is 24.8 Å². The highest BCUT2D eigenvalue weighted by Crippen LogP contribution is 2.31. The number of hydrogen-bond donors (Lipinski definition) is 1. The van der Waals surface area contributed by atoms with Crippen molar-refractivity contribution in [3.63, 3.8) is 0 Å². The molecule has 0 spiro atoms. The summed E-state index contributed by atoms with van der Waals surface area (Å²) in [4.78, 5) is 19.0. The predicted octanol–water partition coefficient (Wildman–Crippen LogP) is 2.02. The molecular formula is C18H21N3O3S. The number of nitrogens with zero attached hydrogens (tertiary/aromatic N) is 2. The van der Waals surface area contributed by atoms with Gasteiger partial charge in [0, 0.05) is 37.1 Å². The molecule has 1 aromatic heterocycles. The van der Waals surface area contributed by atoms with E-state index in [0.717, 1.165) is 31.9 Å². The van der Waals surface area contributed by atoms with Crippen LogP contribution in [0.5, 0.6) is 11.5 Å². The molecule has 7 heteroatoms. The zero-order valence-corrected chi connectivity index (χ0v) is 14.9. The Labute approximate surface area is 150 Å². The number of fused-ring (bicyclic) bond motifs is 1. The summed E-state index contributed by atoms with van der Waals surface area (Å²) in [5.74, 6) is 2.44. The van der Waals surface area contributed by atoms with E-state index >= 15 is 0 Å². The van der Waals surface area contributed by atoms with Crippen molar-refractivity contribution in [2.45, 2.75) is 6.61 Å². The average molecular weight is 359 g/mol. The number of thiazole rings is 1. The fourth-order valence-electron chi connectivity index (χ4n) is 3.58. The second-order valence-electron chi connectivity index (χ2n) is 6.52. The molecule has 3 heterocycles. The van der Waals surface area contributed by atoms with E-state index in [4.69, 9.17) is 9.47 Å². The van der Waals surface area contributed by atoms with Crippen molar-refractivity contribution in [2.24, 2.45) is 11.8 Å². The number of rotatable bonds is 5. The van der Waals surface area contributed by atoms with Gasteiger partial charge in [-0.3, -0.25) is 4.79 Å². The van der Waals surface area contributed by atoms with E-state index in [1.165, 1.54) is 11.3 Å². The number of carbonyl (C=O) groups is 1. The Morgan fingerprint density at radius 1 is 1.32 bits per heavy atom. The van der Waals surface area contributed by atoms with Crippen molar-refractivity contribution in [3.05, 3.63) is 40.3 Å². The highest BCUT2D eigenvalue weighted by Gasteiger charge is 2.38. The SMILES string of the molecule is COc1cc(C(=O)N2C[C@H]3CNC[C@H]3C2)ccc1OCc1cscn1. The fraction of sp³-hybridized carbons (Fsp3) is 0.444. The van der Waals surface area contributed by atoms with Crippen molar-refractivity contribution >= 4 is 17.2 Å². The zero-order valence-electron chi connectivity index (χ0n) is 14.1. The van der Waals surface area contributed by atoms with Crippen LogP contribution in [0.1, 0.15) is 16.1 Å². The molecule has 0 radical (unpaired) electrons. The molecule has 1 aromatic carbocycles. The summed E-state index contributed by atoms with van der Waals surface area (Å²) in [6.45, 7) is 4.08. The molecule has 25 heavy (non-hydrogen) atoms. The molecule has 0 saturated carbocycles. The van der Waals surface area contributed by atoms with Crippen molar-refractivity contribution < 1.29 is 14.3 Å². The molecule has 2 atom stereocenters. The van der Waals surface area contributed by atoms with Crippen LogP contribution in [0.25, 0.3) is 0 Å². The summed E-state index contributed by atoms with van der Waals surface area (Å²) in [7, 11) is 1.59. The molecule has 2 fully saturated rings. The van der Waals surface area contributed by atoms with Gasteiger partial charge >= 0.3 is 0 Å². The molecule has 1 N–H and O–H groups in total. The summed E-state index contributed by atoms with van der Waals surface area (Å²) in [6.07, 6.45) is 0. The third-order valence-corrected chi connectivity index (χ3v) is 5.58. The third-order valence-electron chi connectivity index (χ3n) is 4.95. The van der Waals surface area contributed by atoms with E-state index in [2.05, 4.69) is 10.3 Å². The van der Waals surface area contributed by atoms with Gasteiger partial charge in [-0.25, -0.2) is 4.98 Å². The summed E-state index contributed by atoms with van der Waals surface area (Å²) in [5, 5.41) is 5.34. The summed E-state index contributed by atoms with van der Waals surface area (Å²) >= 11 is 1.54. The first kappa shape index (κ1) is 16.4. The van der Waals surface area contributed by atoms with E-state index in [9.17, 15) is 4.79 Å². The number of benzene rings is 1. The number of nitrogens with one attached hydrogen (secondary N) is 1. The quantitative estimate of drug-likeness (QED) is 0.885. The lowest BCUT2D eigenvalue weighted by molar-refractivity contribution is 0.0781. The first-order valence-corrected chi connectivity index (χ1v) is 9.37. The van der Waals surface area contributed by atoms with Gasteiger partial charge in [-0.1, -0.05) is 0 Å². The Balaban J connectivity index is 1.46. The molecule has 0 aliphatic carbocycles. The number of ether oxygens (including phenoxy) is 2. The molecule has 2 aromatic rings. The largest absolute Gasteiger partial charge is 0.493 e. The molecular weight excluding hydrogens is 338 g/mol. The number of methoxy groups -OCH3 is 1. The molecule has 0 unspecified atom stereocenters. The van der Waals surface area contributed by atoms with Gasteiger partial charge in [0.2, 0.25) is 0 Å². The second-order valence-corrected chi connectivity index (χ2v) is 7.24. The number of aromatic nitrogens is 1. The van der Waals surface area contributed by atoms with Crippen LogP contribution in [0.2, 0.25) is 0 Å². The molecule has 2 aliphatic rings. The smallest absolute Gasteiger partial charge is 0.254 e. The first-order chi connectivity index (χ1) is 12.2. The van der Waals surface area contributed by atoms with Crippen LogP contribution in [0.3, 0.4) is 0 Å². The minimum absolute atomic E-state index is 0.0683. The van der Waals surface area contributed by atoms with E-state index < -0.39 is 0 Å². The maximum absolute atomic E-state index is 12.8. The van der Waals surface area contributed by atoms with E-state index in [1.807, 2.05) is 16.3 Å². The number of likely N-dealkylation sites (tertiary alicyclic amines) is 1. The molecule has 1 amide bonds. The van der Waals surface area contributed by atoms with Crippen LogP contribution in [0.15, 0.2) is 29.1 Å². The average Bonchev–Trinajstić information content (AvgIpc) is 3.36. The molecule has 132 valence electrons. The maximum atomic E-state index is 12.8. The maximum Gasteiger partial charge on any atom is 0.254 e. The van der Waals surface area contributed by atoms with E-state index in [-0.39, 0.29) is 5.91 Å². The van der Waals surface area contributed by atoms with Gasteiger partial charge in [-0.05, 0) is 30.0 Å². The lowest BCUT2D eigenvalue weighted by atomic mass is 10.0. The summed E-state index contributed by atoms with van der Waals surface area (Å²) < 4.78 is 11.2. The van der Waals surface area contributed by atoms with Crippen LogP contribution in [-0.4, -0.2) is 49.1 Å². The number of carbonyl (C=O) groups excluding carboxylic acids is 1. The lowest BCUT2D eigenvalue weighted by Crippen LogP contribution is -2.31. The van der Waals surface area contributed by atoms with Gasteiger partial charge in [0.25, 0.3) is 5.91 Å². The van der Waals surface area contributed by atoms with Gasteiger partial charge in [0.15, 0.2) is 11.5 Å².